The van der Waals surface area contributed by atoms with Crippen LogP contribution in [0.2, 0.25) is 0 Å². The highest BCUT2D eigenvalue weighted by Gasteiger charge is 2.51. The van der Waals surface area contributed by atoms with Crippen LogP contribution in [-0.2, 0) is 19.1 Å². The molecule has 2 fully saturated rings. The molecule has 0 bridgehead atoms. The maximum absolute atomic E-state index is 13.8. The summed E-state index contributed by atoms with van der Waals surface area (Å²) in [4.78, 5) is 42.0. The minimum atomic E-state index is -0.983. The number of carboxylic acid groups (broad SMARTS) is 1. The Morgan fingerprint density at radius 1 is 0.818 bits per heavy atom. The van der Waals surface area contributed by atoms with E-state index in [-0.39, 0.29) is 18.5 Å². The van der Waals surface area contributed by atoms with E-state index in [1.165, 1.54) is 51.4 Å². The summed E-state index contributed by atoms with van der Waals surface area (Å²) in [6.07, 6.45) is 17.2. The average molecular weight is 624 g/mol. The van der Waals surface area contributed by atoms with Crippen LogP contribution in [0.25, 0.3) is 0 Å². The van der Waals surface area contributed by atoms with Gasteiger partial charge in [-0.2, -0.15) is 0 Å². The van der Waals surface area contributed by atoms with Gasteiger partial charge < -0.3 is 30.1 Å². The largest absolute Gasteiger partial charge is 0.481 e. The molecule has 9 heteroatoms. The van der Waals surface area contributed by atoms with Gasteiger partial charge in [0.05, 0.1) is 18.1 Å². The van der Waals surface area contributed by atoms with Gasteiger partial charge in [0.25, 0.3) is 0 Å². The van der Waals surface area contributed by atoms with Crippen LogP contribution in [-0.4, -0.2) is 71.6 Å². The van der Waals surface area contributed by atoms with Crippen LogP contribution in [0.1, 0.15) is 151 Å². The van der Waals surface area contributed by atoms with Gasteiger partial charge >= 0.3 is 12.0 Å². The average Bonchev–Trinajstić information content (AvgIpc) is 2.97. The number of hydrogen-bond donors (Lipinski definition) is 3. The van der Waals surface area contributed by atoms with Gasteiger partial charge in [0.2, 0.25) is 5.91 Å². The molecule has 1 saturated carbocycles. The van der Waals surface area contributed by atoms with Crippen molar-refractivity contribution >= 4 is 17.9 Å². The molecule has 44 heavy (non-hydrogen) atoms. The molecule has 0 aromatic carbocycles. The van der Waals surface area contributed by atoms with Gasteiger partial charge in [-0.3, -0.25) is 9.59 Å². The number of urea groups is 1. The first-order valence-corrected chi connectivity index (χ1v) is 17.8. The van der Waals surface area contributed by atoms with Crippen LogP contribution in [0.5, 0.6) is 0 Å². The molecular weight excluding hydrogens is 558 g/mol. The Hall–Kier alpha value is -1.87. The van der Waals surface area contributed by atoms with Crippen molar-refractivity contribution in [3.05, 3.63) is 0 Å². The molecule has 0 aromatic heterocycles. The second-order valence-electron chi connectivity index (χ2n) is 14.4. The zero-order valence-electron chi connectivity index (χ0n) is 28.9. The van der Waals surface area contributed by atoms with Crippen LogP contribution in [0, 0.1) is 11.3 Å². The zero-order valence-corrected chi connectivity index (χ0v) is 28.9. The standard InChI is InChI=1S/C35H65N3O6/c1-7-9-11-12-13-14-15-16-17-21-24-36-32(42)38(25-10-8-2)35(22-19-18-20-23-35)28(31(40)41)26-37-30(39)29-33(3,4)27-43-34(5,6)44-29/h28-29H,7-27H2,1-6H3,(H,36,42)(H,37,39)(H,40,41). The van der Waals surface area contributed by atoms with Crippen LogP contribution in [0.15, 0.2) is 0 Å². The molecule has 256 valence electrons. The first-order valence-electron chi connectivity index (χ1n) is 17.8. The Morgan fingerprint density at radius 3 is 1.95 bits per heavy atom. The molecule has 2 rings (SSSR count). The van der Waals surface area contributed by atoms with E-state index in [1.54, 1.807) is 13.8 Å². The van der Waals surface area contributed by atoms with E-state index in [2.05, 4.69) is 24.5 Å². The molecule has 2 unspecified atom stereocenters. The van der Waals surface area contributed by atoms with E-state index in [0.29, 0.717) is 32.5 Å². The van der Waals surface area contributed by atoms with Gasteiger partial charge in [0, 0.05) is 25.0 Å². The van der Waals surface area contributed by atoms with E-state index in [1.807, 2.05) is 18.7 Å². The topological polar surface area (TPSA) is 117 Å². The summed E-state index contributed by atoms with van der Waals surface area (Å²) in [5.41, 5.74) is -1.43. The van der Waals surface area contributed by atoms with E-state index < -0.39 is 34.7 Å². The number of carboxylic acids is 1. The Bertz CT molecular complexity index is 871. The smallest absolute Gasteiger partial charge is 0.317 e. The molecule has 0 radical (unpaired) electrons. The number of aliphatic carboxylic acids is 1. The van der Waals surface area contributed by atoms with E-state index in [9.17, 15) is 19.5 Å². The van der Waals surface area contributed by atoms with E-state index >= 15 is 0 Å². The molecule has 2 aliphatic rings. The number of nitrogens with one attached hydrogen (secondary N) is 2. The van der Waals surface area contributed by atoms with Gasteiger partial charge in [-0.05, 0) is 39.5 Å². The summed E-state index contributed by atoms with van der Waals surface area (Å²) in [5, 5.41) is 16.6. The normalized spacial score (nSPS) is 21.3. The summed E-state index contributed by atoms with van der Waals surface area (Å²) < 4.78 is 11.8. The molecule has 3 amide bonds. The quantitative estimate of drug-likeness (QED) is 0.122. The second kappa shape index (κ2) is 18.9. The molecule has 1 saturated heterocycles. The molecule has 1 aliphatic heterocycles. The highest BCUT2D eigenvalue weighted by Crippen LogP contribution is 2.41. The number of nitrogens with zero attached hydrogens (tertiary/aromatic N) is 1. The minimum absolute atomic E-state index is 0.0558. The van der Waals surface area contributed by atoms with Gasteiger partial charge in [0.1, 0.15) is 6.10 Å². The lowest BCUT2D eigenvalue weighted by molar-refractivity contribution is -0.304. The first kappa shape index (κ1) is 38.3. The van der Waals surface area contributed by atoms with Gasteiger partial charge in [-0.15, -0.1) is 0 Å². The number of carbonyl (C=O) groups excluding carboxylic acids is 2. The van der Waals surface area contributed by atoms with Crippen molar-refractivity contribution in [3.8, 4) is 0 Å². The SMILES string of the molecule is CCCCCCCCCCCCNC(=O)N(CCCC)C1(C(CNC(=O)C2OC(C)(C)OCC2(C)C)C(=O)O)CCCCC1. The Labute approximate surface area is 268 Å². The maximum Gasteiger partial charge on any atom is 0.317 e. The number of hydrogen-bond acceptors (Lipinski definition) is 5. The van der Waals surface area contributed by atoms with Crippen molar-refractivity contribution in [1.82, 2.24) is 15.5 Å². The third-order valence-corrected chi connectivity index (χ3v) is 9.61. The fourth-order valence-electron chi connectivity index (χ4n) is 6.84. The number of unbranched alkanes of at least 4 members (excludes halogenated alkanes) is 10. The molecule has 2 atom stereocenters. The molecular formula is C35H65N3O6. The van der Waals surface area contributed by atoms with Crippen molar-refractivity contribution in [1.29, 1.82) is 0 Å². The fourth-order valence-corrected chi connectivity index (χ4v) is 6.84. The van der Waals surface area contributed by atoms with Crippen molar-refractivity contribution in [2.24, 2.45) is 11.3 Å². The summed E-state index contributed by atoms with van der Waals surface area (Å²) in [6, 6.07) is -0.176. The predicted octanol–water partition coefficient (Wildman–Crippen LogP) is 7.42. The molecule has 1 heterocycles. The molecule has 3 N–H and O–H groups in total. The van der Waals surface area contributed by atoms with Crippen LogP contribution < -0.4 is 10.6 Å². The Morgan fingerprint density at radius 2 is 1.39 bits per heavy atom. The fraction of sp³-hybridized carbons (Fsp3) is 0.914. The summed E-state index contributed by atoms with van der Waals surface area (Å²) in [6.45, 7) is 13.1. The molecule has 0 aromatic rings. The Balaban J connectivity index is 2.06. The van der Waals surface area contributed by atoms with Crippen LogP contribution in [0.4, 0.5) is 4.79 Å². The Kier molecular flexibility index (Phi) is 16.5. The summed E-state index contributed by atoms with van der Waals surface area (Å²) in [7, 11) is 0. The van der Waals surface area contributed by atoms with Crippen molar-refractivity contribution in [2.45, 2.75) is 168 Å². The lowest BCUT2D eigenvalue weighted by atomic mass is 9.71. The van der Waals surface area contributed by atoms with Crippen LogP contribution >= 0.6 is 0 Å². The number of ether oxygens (including phenoxy) is 2. The van der Waals surface area contributed by atoms with Gasteiger partial charge in [-0.1, -0.05) is 111 Å². The summed E-state index contributed by atoms with van der Waals surface area (Å²) >= 11 is 0. The lowest BCUT2D eigenvalue weighted by Gasteiger charge is -2.50. The second-order valence-corrected chi connectivity index (χ2v) is 14.4. The third-order valence-electron chi connectivity index (χ3n) is 9.61. The highest BCUT2D eigenvalue weighted by atomic mass is 16.7. The highest BCUT2D eigenvalue weighted by molar-refractivity contribution is 5.83. The van der Waals surface area contributed by atoms with Crippen LogP contribution in [0.3, 0.4) is 0 Å². The number of rotatable bonds is 20. The molecule has 0 spiro atoms. The summed E-state index contributed by atoms with van der Waals surface area (Å²) in [5.74, 6) is -3.15. The number of carbonyl (C=O) groups is 3. The number of amides is 3. The van der Waals surface area contributed by atoms with Gasteiger partial charge in [-0.25, -0.2) is 4.79 Å². The van der Waals surface area contributed by atoms with Gasteiger partial charge in [0.15, 0.2) is 5.79 Å². The monoisotopic (exact) mass is 623 g/mol. The van der Waals surface area contributed by atoms with Crippen molar-refractivity contribution < 1.29 is 29.0 Å². The minimum Gasteiger partial charge on any atom is -0.481 e. The zero-order chi connectivity index (χ0) is 32.6. The van der Waals surface area contributed by atoms with Crippen molar-refractivity contribution in [3.63, 3.8) is 0 Å². The molecule has 1 aliphatic carbocycles. The third kappa shape index (κ3) is 11.8. The maximum atomic E-state index is 13.8. The van der Waals surface area contributed by atoms with E-state index in [4.69, 9.17) is 9.47 Å². The van der Waals surface area contributed by atoms with E-state index in [0.717, 1.165) is 44.9 Å². The molecule has 9 nitrogen and oxygen atoms in total. The predicted molar refractivity (Wildman–Crippen MR) is 175 cm³/mol. The van der Waals surface area contributed by atoms with Crippen molar-refractivity contribution in [2.75, 3.05) is 26.2 Å². The lowest BCUT2D eigenvalue weighted by Crippen LogP contribution is -2.64. The first-order chi connectivity index (χ1) is 20.9.